The monoisotopic (exact) mass is 315 g/mol. The quantitative estimate of drug-likeness (QED) is 0.583. The molecule has 0 aromatic heterocycles. The van der Waals surface area contributed by atoms with Crippen LogP contribution in [-0.4, -0.2) is 13.6 Å². The fourth-order valence-corrected chi connectivity index (χ4v) is 3.29. The first kappa shape index (κ1) is 16.5. The summed E-state index contributed by atoms with van der Waals surface area (Å²) in [5.74, 6) is 0.417. The maximum atomic E-state index is 3.82. The standard InChI is InChI=1S/C23H25N/c1-3-6-18-9-11-20(12-10-18)23(15-16-24-2)22-14-13-19-7-4-5-8-21(19)17-22/h3-5,7-14,17,23-24H,1,6,15-16H2,2H3. The minimum Gasteiger partial charge on any atom is -0.320 e. The zero-order valence-corrected chi connectivity index (χ0v) is 14.3. The SMILES string of the molecule is C=CCc1ccc(C(CCNC)c2ccc3ccccc3c2)cc1. The van der Waals surface area contributed by atoms with E-state index in [9.17, 15) is 0 Å². The van der Waals surface area contributed by atoms with Gasteiger partial charge in [-0.2, -0.15) is 0 Å². The summed E-state index contributed by atoms with van der Waals surface area (Å²) in [5.41, 5.74) is 4.09. The number of benzene rings is 3. The van der Waals surface area contributed by atoms with Crippen LogP contribution in [0.25, 0.3) is 10.8 Å². The Morgan fingerprint density at radius 3 is 2.33 bits per heavy atom. The van der Waals surface area contributed by atoms with E-state index in [0.29, 0.717) is 5.92 Å². The highest BCUT2D eigenvalue weighted by Crippen LogP contribution is 2.30. The summed E-state index contributed by atoms with van der Waals surface area (Å²) in [6, 6.07) is 24.4. The van der Waals surface area contributed by atoms with Gasteiger partial charge >= 0.3 is 0 Å². The van der Waals surface area contributed by atoms with E-state index >= 15 is 0 Å². The molecule has 0 bridgehead atoms. The number of hydrogen-bond acceptors (Lipinski definition) is 1. The third-order valence-corrected chi connectivity index (χ3v) is 4.62. The van der Waals surface area contributed by atoms with Crippen molar-refractivity contribution in [3.63, 3.8) is 0 Å². The lowest BCUT2D eigenvalue weighted by molar-refractivity contribution is 0.662. The summed E-state index contributed by atoms with van der Waals surface area (Å²) >= 11 is 0. The number of rotatable bonds is 7. The summed E-state index contributed by atoms with van der Waals surface area (Å²) in [6.45, 7) is 4.83. The van der Waals surface area contributed by atoms with Crippen molar-refractivity contribution in [2.24, 2.45) is 0 Å². The third-order valence-electron chi connectivity index (χ3n) is 4.62. The number of nitrogens with one attached hydrogen (secondary N) is 1. The molecule has 0 aliphatic heterocycles. The maximum Gasteiger partial charge on any atom is 0.0102 e. The van der Waals surface area contributed by atoms with Crippen molar-refractivity contribution in [3.8, 4) is 0 Å². The summed E-state index contributed by atoms with van der Waals surface area (Å²) in [7, 11) is 2.02. The number of allylic oxidation sites excluding steroid dienone is 1. The van der Waals surface area contributed by atoms with Crippen LogP contribution in [0, 0.1) is 0 Å². The topological polar surface area (TPSA) is 12.0 Å². The second-order valence-electron chi connectivity index (χ2n) is 6.29. The highest BCUT2D eigenvalue weighted by Gasteiger charge is 2.14. The van der Waals surface area contributed by atoms with Crippen molar-refractivity contribution < 1.29 is 0 Å². The average Bonchev–Trinajstić information content (AvgIpc) is 2.63. The lowest BCUT2D eigenvalue weighted by Crippen LogP contribution is -2.13. The van der Waals surface area contributed by atoms with Crippen LogP contribution in [0.3, 0.4) is 0 Å². The largest absolute Gasteiger partial charge is 0.320 e. The molecule has 0 aliphatic rings. The van der Waals surface area contributed by atoms with E-state index in [1.807, 2.05) is 13.1 Å². The van der Waals surface area contributed by atoms with E-state index in [2.05, 4.69) is 78.6 Å². The van der Waals surface area contributed by atoms with Crippen LogP contribution >= 0.6 is 0 Å². The molecule has 1 atom stereocenters. The molecule has 0 spiro atoms. The van der Waals surface area contributed by atoms with Crippen molar-refractivity contribution >= 4 is 10.8 Å². The Bertz CT molecular complexity index is 802. The second-order valence-corrected chi connectivity index (χ2v) is 6.29. The van der Waals surface area contributed by atoms with Gasteiger partial charge in [-0.15, -0.1) is 6.58 Å². The van der Waals surface area contributed by atoms with Gasteiger partial charge < -0.3 is 5.32 Å². The molecule has 1 N–H and O–H groups in total. The zero-order valence-electron chi connectivity index (χ0n) is 14.3. The van der Waals surface area contributed by atoms with Gasteiger partial charge in [0.15, 0.2) is 0 Å². The fourth-order valence-electron chi connectivity index (χ4n) is 3.29. The van der Waals surface area contributed by atoms with Crippen LogP contribution in [0.1, 0.15) is 29.0 Å². The van der Waals surface area contributed by atoms with Gasteiger partial charge in [-0.3, -0.25) is 0 Å². The first-order chi connectivity index (χ1) is 11.8. The van der Waals surface area contributed by atoms with Crippen molar-refractivity contribution in [1.82, 2.24) is 5.32 Å². The lowest BCUT2D eigenvalue weighted by Gasteiger charge is -2.19. The molecule has 0 fully saturated rings. The summed E-state index contributed by atoms with van der Waals surface area (Å²) in [4.78, 5) is 0. The Hall–Kier alpha value is -2.38. The first-order valence-electron chi connectivity index (χ1n) is 8.65. The third kappa shape index (κ3) is 3.74. The minimum atomic E-state index is 0.417. The maximum absolute atomic E-state index is 3.82. The summed E-state index contributed by atoms with van der Waals surface area (Å²) in [5, 5.41) is 5.91. The molecular formula is C23H25N. The Morgan fingerprint density at radius 1 is 0.917 bits per heavy atom. The van der Waals surface area contributed by atoms with E-state index in [4.69, 9.17) is 0 Å². The fraction of sp³-hybridized carbons (Fsp3) is 0.217. The minimum absolute atomic E-state index is 0.417. The molecule has 0 saturated carbocycles. The van der Waals surface area contributed by atoms with Crippen LogP contribution in [-0.2, 0) is 6.42 Å². The van der Waals surface area contributed by atoms with Crippen LogP contribution in [0.15, 0.2) is 79.4 Å². The van der Waals surface area contributed by atoms with Gasteiger partial charge in [0, 0.05) is 5.92 Å². The Morgan fingerprint density at radius 2 is 1.62 bits per heavy atom. The van der Waals surface area contributed by atoms with Crippen molar-refractivity contribution in [2.75, 3.05) is 13.6 Å². The van der Waals surface area contributed by atoms with Gasteiger partial charge in [0.25, 0.3) is 0 Å². The molecule has 0 radical (unpaired) electrons. The summed E-state index contributed by atoms with van der Waals surface area (Å²) < 4.78 is 0. The smallest absolute Gasteiger partial charge is 0.0102 e. The highest BCUT2D eigenvalue weighted by atomic mass is 14.8. The first-order valence-corrected chi connectivity index (χ1v) is 8.65. The molecule has 1 heteroatoms. The number of hydrogen-bond donors (Lipinski definition) is 1. The van der Waals surface area contributed by atoms with Crippen molar-refractivity contribution in [3.05, 3.63) is 96.1 Å². The Kier molecular flexibility index (Phi) is 5.45. The van der Waals surface area contributed by atoms with Crippen LogP contribution in [0.2, 0.25) is 0 Å². The lowest BCUT2D eigenvalue weighted by atomic mass is 9.87. The van der Waals surface area contributed by atoms with Crippen LogP contribution < -0.4 is 5.32 Å². The Balaban J connectivity index is 1.96. The van der Waals surface area contributed by atoms with Gasteiger partial charge in [-0.1, -0.05) is 72.8 Å². The molecule has 1 unspecified atom stereocenters. The molecular weight excluding hydrogens is 290 g/mol. The van der Waals surface area contributed by atoms with Gasteiger partial charge in [-0.25, -0.2) is 0 Å². The van der Waals surface area contributed by atoms with Crippen molar-refractivity contribution in [1.29, 1.82) is 0 Å². The molecule has 122 valence electrons. The van der Waals surface area contributed by atoms with Crippen molar-refractivity contribution in [2.45, 2.75) is 18.8 Å². The van der Waals surface area contributed by atoms with Crippen LogP contribution in [0.4, 0.5) is 0 Å². The zero-order chi connectivity index (χ0) is 16.8. The van der Waals surface area contributed by atoms with E-state index in [1.54, 1.807) is 0 Å². The molecule has 0 amide bonds. The molecule has 3 aromatic rings. The average molecular weight is 315 g/mol. The van der Waals surface area contributed by atoms with Crippen LogP contribution in [0.5, 0.6) is 0 Å². The Labute approximate surface area is 145 Å². The molecule has 0 saturated heterocycles. The van der Waals surface area contributed by atoms with E-state index in [1.165, 1.54) is 27.5 Å². The number of fused-ring (bicyclic) bond motifs is 1. The molecule has 3 aromatic carbocycles. The van der Waals surface area contributed by atoms with Gasteiger partial charge in [-0.05, 0) is 53.9 Å². The molecule has 0 heterocycles. The summed E-state index contributed by atoms with van der Waals surface area (Å²) in [6.07, 6.45) is 3.98. The molecule has 24 heavy (non-hydrogen) atoms. The second kappa shape index (κ2) is 7.94. The molecule has 3 rings (SSSR count). The molecule has 0 aliphatic carbocycles. The van der Waals surface area contributed by atoms with E-state index in [-0.39, 0.29) is 0 Å². The van der Waals surface area contributed by atoms with Gasteiger partial charge in [0.05, 0.1) is 0 Å². The predicted molar refractivity (Wildman–Crippen MR) is 105 cm³/mol. The van der Waals surface area contributed by atoms with Gasteiger partial charge in [0.2, 0.25) is 0 Å². The predicted octanol–water partition coefficient (Wildman–Crippen LogP) is 5.31. The highest BCUT2D eigenvalue weighted by molar-refractivity contribution is 5.83. The normalized spacial score (nSPS) is 12.2. The van der Waals surface area contributed by atoms with Gasteiger partial charge in [0.1, 0.15) is 0 Å². The molecule has 1 nitrogen and oxygen atoms in total. The van der Waals surface area contributed by atoms with E-state index in [0.717, 1.165) is 19.4 Å². The van der Waals surface area contributed by atoms with E-state index < -0.39 is 0 Å².